The van der Waals surface area contributed by atoms with Crippen LogP contribution < -0.4 is 26.5 Å². The lowest BCUT2D eigenvalue weighted by Gasteiger charge is -2.43. The van der Waals surface area contributed by atoms with E-state index in [0.29, 0.717) is 6.54 Å². The summed E-state index contributed by atoms with van der Waals surface area (Å²) >= 11 is 0. The molecule has 0 aromatic heterocycles. The summed E-state index contributed by atoms with van der Waals surface area (Å²) in [6.45, 7) is 17.1. The zero-order valence-electron chi connectivity index (χ0n) is 40.7. The van der Waals surface area contributed by atoms with Crippen molar-refractivity contribution in [1.29, 1.82) is 0 Å². The fraction of sp³-hybridized carbons (Fsp3) is 0.500. The number of benzene rings is 4. The average molecular weight is 901 g/mol. The van der Waals surface area contributed by atoms with Crippen LogP contribution >= 0.6 is 0 Å². The maximum atomic E-state index is 8.26. The normalized spacial score (nSPS) is 12.3. The van der Waals surface area contributed by atoms with E-state index in [1.54, 1.807) is 0 Å². The predicted molar refractivity (Wildman–Crippen MR) is 282 cm³/mol. The number of rotatable bonds is 29. The summed E-state index contributed by atoms with van der Waals surface area (Å²) in [5.41, 5.74) is 13.8. The molecule has 0 aliphatic heterocycles. The Hall–Kier alpha value is -4.02. The Balaban J connectivity index is 0.000000341. The molecule has 4 rings (SSSR count). The Morgan fingerprint density at radius 3 is 1.05 bits per heavy atom. The lowest BCUT2D eigenvalue weighted by molar-refractivity contribution is 0.286. The van der Waals surface area contributed by atoms with Crippen LogP contribution in [0.3, 0.4) is 0 Å². The SMILES string of the molecule is CC(C)(C)[Si](OCCCCCC/C=C\CCCCN)(c1ccccc1)c1ccccc1.CC(C)(C)[Si](OCCCCCC/C=C\CCCCN=[N+]=[N-])(c1ccccc1)c1ccccc1. The van der Waals surface area contributed by atoms with E-state index in [-0.39, 0.29) is 10.1 Å². The van der Waals surface area contributed by atoms with E-state index in [2.05, 4.69) is 197 Å². The largest absolute Gasteiger partial charge is 0.407 e. The number of hydrogen-bond acceptors (Lipinski definition) is 4. The lowest BCUT2D eigenvalue weighted by atomic mass is 10.1. The van der Waals surface area contributed by atoms with Crippen molar-refractivity contribution < 1.29 is 8.85 Å². The molecule has 0 aliphatic rings. The van der Waals surface area contributed by atoms with Gasteiger partial charge in [0.15, 0.2) is 0 Å². The van der Waals surface area contributed by atoms with Gasteiger partial charge in [-0.1, -0.05) is 218 Å². The van der Waals surface area contributed by atoms with Gasteiger partial charge in [-0.15, -0.1) is 0 Å². The summed E-state index contributed by atoms with van der Waals surface area (Å²) in [5, 5.41) is 9.12. The second-order valence-electron chi connectivity index (χ2n) is 19.1. The Labute approximate surface area is 392 Å². The molecule has 348 valence electrons. The Morgan fingerprint density at radius 1 is 0.453 bits per heavy atom. The van der Waals surface area contributed by atoms with Crippen molar-refractivity contribution in [1.82, 2.24) is 0 Å². The van der Waals surface area contributed by atoms with E-state index in [1.165, 1.54) is 78.5 Å². The third-order valence-corrected chi connectivity index (χ3v) is 22.2. The standard InChI is InChI=1S/C28H41N3OSi.C28H43NOSi/c1-28(2,3)33(26-20-14-12-15-21-26,27-22-16-13-17-23-27)32-25-19-11-9-7-5-4-6-8-10-18-24-30-31-29;1-28(2,3)31(26-20-14-12-15-21-26,27-22-16-13-17-23-27)30-25-19-11-9-7-5-4-6-8-10-18-24-29/h4,6,12-17,20-23H,5,7-11,18-19,24-25H2,1-3H3;4,6,12-17,20-23H,5,7-11,18-19,24-25,29H2,1-3H3/b2*6-4-. The van der Waals surface area contributed by atoms with Crippen LogP contribution in [-0.2, 0) is 8.85 Å². The minimum Gasteiger partial charge on any atom is -0.407 e. The van der Waals surface area contributed by atoms with Crippen LogP contribution in [0.2, 0.25) is 10.1 Å². The van der Waals surface area contributed by atoms with E-state index in [9.17, 15) is 0 Å². The van der Waals surface area contributed by atoms with E-state index >= 15 is 0 Å². The van der Waals surface area contributed by atoms with Gasteiger partial charge in [0.25, 0.3) is 16.6 Å². The van der Waals surface area contributed by atoms with Crippen molar-refractivity contribution in [3.8, 4) is 0 Å². The highest BCUT2D eigenvalue weighted by atomic mass is 28.4. The molecule has 0 saturated heterocycles. The monoisotopic (exact) mass is 901 g/mol. The van der Waals surface area contributed by atoms with E-state index < -0.39 is 16.6 Å². The number of azide groups is 1. The maximum absolute atomic E-state index is 8.26. The van der Waals surface area contributed by atoms with Gasteiger partial charge in [-0.3, -0.25) is 0 Å². The molecule has 6 nitrogen and oxygen atoms in total. The second-order valence-corrected chi connectivity index (χ2v) is 27.7. The van der Waals surface area contributed by atoms with Crippen LogP contribution in [0.4, 0.5) is 0 Å². The van der Waals surface area contributed by atoms with Gasteiger partial charge in [-0.05, 0) is 120 Å². The third-order valence-electron chi connectivity index (χ3n) is 12.1. The molecular weight excluding hydrogens is 817 g/mol. The van der Waals surface area contributed by atoms with Crippen molar-refractivity contribution >= 4 is 37.4 Å². The molecule has 0 spiro atoms. The van der Waals surface area contributed by atoms with Gasteiger partial charge in [0.1, 0.15) is 0 Å². The molecule has 0 unspecified atom stereocenters. The smallest absolute Gasteiger partial charge is 0.261 e. The first-order valence-electron chi connectivity index (χ1n) is 24.6. The molecule has 0 amide bonds. The summed E-state index contributed by atoms with van der Waals surface area (Å²) in [5.74, 6) is 0. The number of unbranched alkanes of at least 4 members (excludes halogenated alkanes) is 12. The van der Waals surface area contributed by atoms with Crippen LogP contribution in [0.25, 0.3) is 10.4 Å². The minimum absolute atomic E-state index is 0.0431. The second kappa shape index (κ2) is 31.0. The number of allylic oxidation sites excluding steroid dienone is 4. The van der Waals surface area contributed by atoms with Gasteiger partial charge in [0.2, 0.25) is 0 Å². The van der Waals surface area contributed by atoms with Gasteiger partial charge in [-0.25, -0.2) is 0 Å². The zero-order valence-corrected chi connectivity index (χ0v) is 42.7. The summed E-state index contributed by atoms with van der Waals surface area (Å²) in [6, 6.07) is 43.7. The van der Waals surface area contributed by atoms with Crippen LogP contribution in [0.1, 0.15) is 144 Å². The van der Waals surface area contributed by atoms with Crippen molar-refractivity contribution in [2.24, 2.45) is 10.8 Å². The predicted octanol–water partition coefficient (Wildman–Crippen LogP) is 13.7. The Morgan fingerprint density at radius 2 is 0.750 bits per heavy atom. The highest BCUT2D eigenvalue weighted by Crippen LogP contribution is 2.38. The van der Waals surface area contributed by atoms with Crippen LogP contribution in [0.5, 0.6) is 0 Å². The van der Waals surface area contributed by atoms with Gasteiger partial charge < -0.3 is 14.6 Å². The number of hydrogen-bond donors (Lipinski definition) is 1. The molecule has 8 heteroatoms. The Bertz CT molecular complexity index is 1790. The molecule has 64 heavy (non-hydrogen) atoms. The molecule has 4 aromatic carbocycles. The molecule has 0 aliphatic carbocycles. The molecule has 4 aromatic rings. The average Bonchev–Trinajstić information content (AvgIpc) is 3.30. The molecule has 0 atom stereocenters. The molecule has 0 heterocycles. The quantitative estimate of drug-likeness (QED) is 0.0147. The van der Waals surface area contributed by atoms with Crippen LogP contribution in [0, 0.1) is 0 Å². The minimum atomic E-state index is -2.39. The lowest BCUT2D eigenvalue weighted by Crippen LogP contribution is -2.66. The highest BCUT2D eigenvalue weighted by molar-refractivity contribution is 7.00. The van der Waals surface area contributed by atoms with Gasteiger partial charge in [0.05, 0.1) is 0 Å². The van der Waals surface area contributed by atoms with E-state index in [1.807, 2.05) is 0 Å². The number of nitrogens with zero attached hydrogens (tertiary/aromatic N) is 3. The van der Waals surface area contributed by atoms with Crippen molar-refractivity contribution in [3.05, 3.63) is 156 Å². The van der Waals surface area contributed by atoms with Crippen molar-refractivity contribution in [3.63, 3.8) is 0 Å². The van der Waals surface area contributed by atoms with E-state index in [4.69, 9.17) is 20.1 Å². The van der Waals surface area contributed by atoms with Gasteiger partial charge in [0, 0.05) is 24.7 Å². The summed E-state index contributed by atoms with van der Waals surface area (Å²) in [6.07, 6.45) is 27.9. The zero-order chi connectivity index (χ0) is 46.3. The summed E-state index contributed by atoms with van der Waals surface area (Å²) in [4.78, 5) is 2.78. The first-order chi connectivity index (χ1) is 31.0. The highest BCUT2D eigenvalue weighted by Gasteiger charge is 2.51. The van der Waals surface area contributed by atoms with Gasteiger partial charge >= 0.3 is 0 Å². The first-order valence-corrected chi connectivity index (χ1v) is 28.4. The molecule has 0 fully saturated rings. The third kappa shape index (κ3) is 18.1. The molecular formula is C56H84N4O2Si2. The fourth-order valence-corrected chi connectivity index (χ4v) is 18.0. The molecule has 0 radical (unpaired) electrons. The molecule has 2 N–H and O–H groups in total. The Kier molecular flexibility index (Phi) is 26.3. The fourth-order valence-electron chi connectivity index (χ4n) is 8.78. The van der Waals surface area contributed by atoms with Crippen LogP contribution in [0.15, 0.2) is 151 Å². The van der Waals surface area contributed by atoms with Gasteiger partial charge in [-0.2, -0.15) is 0 Å². The van der Waals surface area contributed by atoms with Crippen LogP contribution in [-0.4, -0.2) is 42.9 Å². The molecule has 0 saturated carbocycles. The summed E-state index contributed by atoms with van der Waals surface area (Å²) < 4.78 is 13.9. The molecule has 0 bridgehead atoms. The maximum Gasteiger partial charge on any atom is 0.261 e. The summed E-state index contributed by atoms with van der Waals surface area (Å²) in [7, 11) is -4.76. The first kappa shape index (κ1) is 54.3. The topological polar surface area (TPSA) is 93.2 Å². The van der Waals surface area contributed by atoms with Crippen molar-refractivity contribution in [2.75, 3.05) is 26.3 Å². The van der Waals surface area contributed by atoms with E-state index in [0.717, 1.165) is 64.7 Å². The number of nitrogens with two attached hydrogens (primary N) is 1. The van der Waals surface area contributed by atoms with Crippen molar-refractivity contribution in [2.45, 2.75) is 154 Å².